The van der Waals surface area contributed by atoms with Gasteiger partial charge < -0.3 is 25.5 Å². The van der Waals surface area contributed by atoms with Crippen LogP contribution in [0.5, 0.6) is 11.5 Å². The van der Waals surface area contributed by atoms with Crippen molar-refractivity contribution in [3.8, 4) is 11.5 Å². The summed E-state index contributed by atoms with van der Waals surface area (Å²) in [6, 6.07) is 4.31. The van der Waals surface area contributed by atoms with E-state index in [1.165, 1.54) is 7.11 Å². The van der Waals surface area contributed by atoms with Crippen LogP contribution in [0.4, 0.5) is 0 Å². The van der Waals surface area contributed by atoms with Crippen molar-refractivity contribution in [1.29, 1.82) is 0 Å². The molecule has 0 radical (unpaired) electrons. The monoisotopic (exact) mass is 211 g/mol. The topological polar surface area (TPSA) is 97.2 Å². The average molecular weight is 211 g/mol. The minimum absolute atomic E-state index is 0.0683. The highest BCUT2D eigenvalue weighted by Gasteiger charge is 2.17. The Morgan fingerprint density at radius 2 is 2.33 bits per heavy atom. The van der Waals surface area contributed by atoms with Crippen molar-refractivity contribution < 1.29 is 25.5 Å². The largest absolute Gasteiger partial charge is 0.550 e. The Labute approximate surface area is 87.1 Å². The van der Waals surface area contributed by atoms with Crippen molar-refractivity contribution in [2.24, 2.45) is 0 Å². The summed E-state index contributed by atoms with van der Waals surface area (Å²) in [5.74, 6) is -0.960. The van der Waals surface area contributed by atoms with Gasteiger partial charge in [0.05, 0.1) is 12.7 Å². The zero-order chi connectivity index (χ0) is 11.4. The standard InChI is InChI=1S/C10H13NO4/c1-15-8-4-2-3-6(10(8)14)7(11)5-9(12)13/h2-4,7,14H,5,11H2,1H3,(H,12,13)/t7-/m0/s1. The molecule has 0 unspecified atom stereocenters. The summed E-state index contributed by atoms with van der Waals surface area (Å²) in [6.45, 7) is 0. The van der Waals surface area contributed by atoms with Crippen LogP contribution in [0.2, 0.25) is 0 Å². The molecule has 1 atom stereocenters. The van der Waals surface area contributed by atoms with Gasteiger partial charge in [-0.15, -0.1) is 0 Å². The van der Waals surface area contributed by atoms with Crippen LogP contribution in [0, 0.1) is 0 Å². The molecule has 0 fully saturated rings. The van der Waals surface area contributed by atoms with Crippen LogP contribution in [0.25, 0.3) is 0 Å². The highest BCUT2D eigenvalue weighted by molar-refractivity contribution is 5.65. The quantitative estimate of drug-likeness (QED) is 0.655. The van der Waals surface area contributed by atoms with Crippen molar-refractivity contribution >= 4 is 5.97 Å². The van der Waals surface area contributed by atoms with Crippen molar-refractivity contribution in [2.45, 2.75) is 12.5 Å². The van der Waals surface area contributed by atoms with Gasteiger partial charge in [0.1, 0.15) is 6.04 Å². The van der Waals surface area contributed by atoms with Crippen molar-refractivity contribution in [1.82, 2.24) is 0 Å². The third-order valence-corrected chi connectivity index (χ3v) is 2.10. The molecular formula is C10H13NO4. The maximum atomic E-state index is 10.4. The number of aromatic hydroxyl groups is 1. The number of hydrogen-bond acceptors (Lipinski definition) is 4. The Morgan fingerprint density at radius 1 is 1.67 bits per heavy atom. The number of carbonyl (C=O) groups is 1. The van der Waals surface area contributed by atoms with E-state index in [9.17, 15) is 15.0 Å². The third kappa shape index (κ3) is 2.60. The number of para-hydroxylation sites is 1. The summed E-state index contributed by atoms with van der Waals surface area (Å²) >= 11 is 0. The molecule has 5 nitrogen and oxygen atoms in total. The lowest BCUT2D eigenvalue weighted by atomic mass is 10.0. The van der Waals surface area contributed by atoms with Crippen LogP contribution >= 0.6 is 0 Å². The van der Waals surface area contributed by atoms with Crippen molar-refractivity contribution in [3.05, 3.63) is 23.8 Å². The second-order valence-corrected chi connectivity index (χ2v) is 3.17. The molecule has 82 valence electrons. The summed E-state index contributed by atoms with van der Waals surface area (Å²) in [4.78, 5) is 10.4. The average Bonchev–Trinajstić information content (AvgIpc) is 2.17. The molecule has 5 heteroatoms. The molecule has 4 N–H and O–H groups in total. The lowest BCUT2D eigenvalue weighted by molar-refractivity contribution is -0.430. The number of phenols is 1. The first-order valence-electron chi connectivity index (χ1n) is 4.45. The molecule has 0 aliphatic rings. The lowest BCUT2D eigenvalue weighted by Gasteiger charge is -2.13. The molecule has 0 amide bonds. The van der Waals surface area contributed by atoms with E-state index < -0.39 is 12.0 Å². The number of carboxylic acids is 1. The molecule has 1 aromatic carbocycles. The smallest absolute Gasteiger partial charge is 0.166 e. The highest BCUT2D eigenvalue weighted by Crippen LogP contribution is 2.32. The fourth-order valence-corrected chi connectivity index (χ4v) is 1.34. The summed E-state index contributed by atoms with van der Waals surface area (Å²) in [5, 5.41) is 20.1. The maximum Gasteiger partial charge on any atom is 0.166 e. The molecular weight excluding hydrogens is 198 g/mol. The van der Waals surface area contributed by atoms with Crippen LogP contribution in [-0.4, -0.2) is 18.2 Å². The van der Waals surface area contributed by atoms with Gasteiger partial charge in [-0.2, -0.15) is 0 Å². The van der Waals surface area contributed by atoms with Crippen LogP contribution in [-0.2, 0) is 4.79 Å². The number of aliphatic carboxylic acids is 1. The third-order valence-electron chi connectivity index (χ3n) is 2.10. The molecule has 0 saturated carbocycles. The molecule has 1 aromatic rings. The van der Waals surface area contributed by atoms with Gasteiger partial charge in [0.25, 0.3) is 0 Å². The summed E-state index contributed by atoms with van der Waals surface area (Å²) < 4.78 is 4.90. The van der Waals surface area contributed by atoms with E-state index in [2.05, 4.69) is 5.73 Å². The lowest BCUT2D eigenvalue weighted by Crippen LogP contribution is -2.55. The summed E-state index contributed by atoms with van der Waals surface area (Å²) in [5.41, 5.74) is 4.09. The second-order valence-electron chi connectivity index (χ2n) is 3.17. The Morgan fingerprint density at radius 3 is 2.87 bits per heavy atom. The number of carboxylic acid groups (broad SMARTS) is 1. The van der Waals surface area contributed by atoms with Crippen LogP contribution in [0.1, 0.15) is 18.0 Å². The van der Waals surface area contributed by atoms with Gasteiger partial charge in [0.15, 0.2) is 11.5 Å². The highest BCUT2D eigenvalue weighted by atomic mass is 16.5. The molecule has 1 rings (SSSR count). The van der Waals surface area contributed by atoms with E-state index in [4.69, 9.17) is 4.74 Å². The van der Waals surface area contributed by atoms with Crippen LogP contribution in [0.15, 0.2) is 18.2 Å². The number of quaternary nitrogens is 1. The molecule has 0 heterocycles. The number of hydrogen-bond donors (Lipinski definition) is 2. The molecule has 0 aliphatic carbocycles. The second kappa shape index (κ2) is 4.65. The SMILES string of the molecule is COc1cccc([C@@H]([NH3+])CC(=O)[O-])c1O. The van der Waals surface area contributed by atoms with Gasteiger partial charge in [-0.1, -0.05) is 6.07 Å². The fraction of sp³-hybridized carbons (Fsp3) is 0.300. The molecule has 0 aromatic heterocycles. The number of phenolic OH excluding ortho intramolecular Hbond substituents is 1. The van der Waals surface area contributed by atoms with E-state index >= 15 is 0 Å². The number of benzene rings is 1. The first kappa shape index (κ1) is 11.3. The Kier molecular flexibility index (Phi) is 3.51. The van der Waals surface area contributed by atoms with Gasteiger partial charge >= 0.3 is 0 Å². The Bertz CT molecular complexity index is 364. The van der Waals surface area contributed by atoms with Crippen LogP contribution < -0.4 is 15.6 Å². The van der Waals surface area contributed by atoms with Crippen LogP contribution in [0.3, 0.4) is 0 Å². The van der Waals surface area contributed by atoms with Gasteiger partial charge in [0.2, 0.25) is 0 Å². The van der Waals surface area contributed by atoms with Gasteiger partial charge in [0, 0.05) is 12.4 Å². The Hall–Kier alpha value is -1.75. The molecule has 0 aliphatic heterocycles. The zero-order valence-corrected chi connectivity index (χ0v) is 8.40. The predicted octanol–water partition coefficient (Wildman–Crippen LogP) is -1.18. The van der Waals surface area contributed by atoms with E-state index in [0.717, 1.165) is 0 Å². The maximum absolute atomic E-state index is 10.4. The Balaban J connectivity index is 2.98. The van der Waals surface area contributed by atoms with Gasteiger partial charge in [-0.25, -0.2) is 0 Å². The van der Waals surface area contributed by atoms with Crippen molar-refractivity contribution in [3.63, 3.8) is 0 Å². The zero-order valence-electron chi connectivity index (χ0n) is 8.40. The molecule has 0 bridgehead atoms. The van der Waals surface area contributed by atoms with Gasteiger partial charge in [-0.05, 0) is 12.1 Å². The minimum Gasteiger partial charge on any atom is -0.550 e. The summed E-state index contributed by atoms with van der Waals surface area (Å²) in [6.07, 6.45) is -0.235. The van der Waals surface area contributed by atoms with E-state index in [1.54, 1.807) is 18.2 Å². The number of methoxy groups -OCH3 is 1. The molecule has 0 spiro atoms. The van der Waals surface area contributed by atoms with E-state index in [0.29, 0.717) is 11.3 Å². The normalized spacial score (nSPS) is 12.1. The number of carbonyl (C=O) groups excluding carboxylic acids is 1. The van der Waals surface area contributed by atoms with Crippen molar-refractivity contribution in [2.75, 3.05) is 7.11 Å². The van der Waals surface area contributed by atoms with E-state index in [1.807, 2.05) is 0 Å². The predicted molar refractivity (Wildman–Crippen MR) is 49.9 cm³/mol. The fourth-order valence-electron chi connectivity index (χ4n) is 1.34. The summed E-state index contributed by atoms with van der Waals surface area (Å²) in [7, 11) is 1.43. The number of ether oxygens (including phenoxy) is 1. The molecule has 15 heavy (non-hydrogen) atoms. The first-order valence-corrected chi connectivity index (χ1v) is 4.45. The van der Waals surface area contributed by atoms with E-state index in [-0.39, 0.29) is 12.2 Å². The number of rotatable bonds is 4. The molecule has 0 saturated heterocycles. The minimum atomic E-state index is -1.20. The first-order chi connectivity index (χ1) is 7.06. The van der Waals surface area contributed by atoms with Gasteiger partial charge in [-0.3, -0.25) is 0 Å².